The predicted octanol–water partition coefficient (Wildman–Crippen LogP) is 18.7. The lowest BCUT2D eigenvalue weighted by Gasteiger charge is -2.35. The molecule has 0 aromatic heterocycles. The second-order valence-electron chi connectivity index (χ2n) is 30.7. The van der Waals surface area contributed by atoms with Crippen molar-refractivity contribution >= 4 is 36.9 Å². The number of carbonyl (C=O) groups excluding carboxylic acids is 6. The van der Waals surface area contributed by atoms with Gasteiger partial charge in [0.15, 0.2) is 0 Å². The summed E-state index contributed by atoms with van der Waals surface area (Å²) < 4.78 is 78.2. The highest BCUT2D eigenvalue weighted by atomic mass is 16.8. The largest absolute Gasteiger partial charge is 0.508 e. The van der Waals surface area contributed by atoms with Gasteiger partial charge in [-0.25, -0.2) is 28.8 Å². The minimum Gasteiger partial charge on any atom is -0.433 e. The first kappa shape index (κ1) is 84.6. The fourth-order valence-corrected chi connectivity index (χ4v) is 10.7. The smallest absolute Gasteiger partial charge is 0.433 e. The quantitative estimate of drug-likeness (QED) is 0.0408. The highest BCUT2D eigenvalue weighted by Gasteiger charge is 2.43. The van der Waals surface area contributed by atoms with Gasteiger partial charge in [-0.15, -0.1) is 0 Å². The molecular formula is C70H130O19. The molecule has 0 spiro atoms. The summed E-state index contributed by atoms with van der Waals surface area (Å²) in [6.45, 7) is 43.8. The predicted molar refractivity (Wildman–Crippen MR) is 346 cm³/mol. The van der Waals surface area contributed by atoms with Crippen molar-refractivity contribution in [2.75, 3.05) is 52.9 Å². The lowest BCUT2D eigenvalue weighted by molar-refractivity contribution is -0.128. The average molecular weight is 1280 g/mol. The summed E-state index contributed by atoms with van der Waals surface area (Å²) in [5, 5.41) is 0. The molecule has 0 radical (unpaired) electrons. The first-order valence-electron chi connectivity index (χ1n) is 33.9. The van der Waals surface area contributed by atoms with Gasteiger partial charge in [-0.3, -0.25) is 0 Å². The second kappa shape index (κ2) is 45.0. The van der Waals surface area contributed by atoms with Gasteiger partial charge in [0.1, 0.15) is 76.3 Å². The Morgan fingerprint density at radius 1 is 0.202 bits per heavy atom. The zero-order valence-electron chi connectivity index (χ0n) is 60.3. The number of ether oxygens (including phenoxy) is 13. The molecule has 0 N–H and O–H groups in total. The van der Waals surface area contributed by atoms with Gasteiger partial charge >= 0.3 is 36.9 Å². The summed E-state index contributed by atoms with van der Waals surface area (Å²) in [5.74, 6) is 2.12. The van der Waals surface area contributed by atoms with Crippen LogP contribution in [0, 0.1) is 81.8 Å². The maximum Gasteiger partial charge on any atom is 0.508 e. The van der Waals surface area contributed by atoms with Gasteiger partial charge in [0.25, 0.3) is 0 Å². The summed E-state index contributed by atoms with van der Waals surface area (Å²) in [6.07, 6.45) is -2.51. The van der Waals surface area contributed by atoms with E-state index in [0.717, 1.165) is 0 Å². The molecule has 0 amide bonds. The van der Waals surface area contributed by atoms with Crippen molar-refractivity contribution < 1.29 is 90.3 Å². The molecule has 0 aromatic carbocycles. The number of hydrogen-bond acceptors (Lipinski definition) is 19. The fraction of sp³-hybridized carbons (Fsp3) is 0.914. The molecule has 0 bridgehead atoms. The molecule has 0 saturated carbocycles. The number of carbonyl (C=O) groups is 6. The van der Waals surface area contributed by atoms with E-state index < -0.39 is 137 Å². The van der Waals surface area contributed by atoms with Crippen molar-refractivity contribution in [3.63, 3.8) is 0 Å². The molecular weight excluding hydrogens is 1140 g/mol. The lowest BCUT2D eigenvalue weighted by atomic mass is 9.90. The Bertz CT molecular complexity index is 1530. The zero-order chi connectivity index (χ0) is 68.2. The van der Waals surface area contributed by atoms with Crippen LogP contribution in [0.1, 0.15) is 243 Å². The Morgan fingerprint density at radius 2 is 0.315 bits per heavy atom. The monoisotopic (exact) mass is 1270 g/mol. The van der Waals surface area contributed by atoms with Crippen molar-refractivity contribution in [3.8, 4) is 0 Å². The van der Waals surface area contributed by atoms with Gasteiger partial charge in [0.2, 0.25) is 0 Å². The third kappa shape index (κ3) is 44.7. The van der Waals surface area contributed by atoms with Crippen LogP contribution in [-0.2, 0) is 61.6 Å². The van der Waals surface area contributed by atoms with E-state index in [-0.39, 0.29) is 71.0 Å². The van der Waals surface area contributed by atoms with E-state index in [4.69, 9.17) is 61.6 Å². The molecule has 0 aliphatic carbocycles. The standard InChI is InChI=1S/C70H130O19/c1-45(2)25-57(26-46(3)4)84-63(71)78-39-69(40-79-64(72)85-58(27-47(5)6)28-48(7)8,41-80-65(73)86-59(29-49(9)10)30-50(11)12)37-77-38-70(42-81-66(74)87-60(31-51(13)14)32-52(15)16,43-82-67(75)88-61(33-53(17)18)34-54(19)20)44-83-68(76)89-62(35-55(21)22)36-56(23)24/h45-62H,25-44H2,1-24H3. The van der Waals surface area contributed by atoms with Gasteiger partial charge in [0, 0.05) is 0 Å². The van der Waals surface area contributed by atoms with Crippen LogP contribution in [0.3, 0.4) is 0 Å². The Labute approximate surface area is 539 Å². The van der Waals surface area contributed by atoms with Crippen LogP contribution in [0.25, 0.3) is 0 Å². The molecule has 0 atom stereocenters. The van der Waals surface area contributed by atoms with Gasteiger partial charge in [-0.1, -0.05) is 166 Å². The molecule has 0 unspecified atom stereocenters. The maximum atomic E-state index is 14.0. The zero-order valence-corrected chi connectivity index (χ0v) is 60.3. The van der Waals surface area contributed by atoms with Crippen LogP contribution in [0.4, 0.5) is 28.8 Å². The third-order valence-electron chi connectivity index (χ3n) is 14.2. The minimum atomic E-state index is -1.76. The van der Waals surface area contributed by atoms with Crippen molar-refractivity contribution in [2.45, 2.75) is 280 Å². The van der Waals surface area contributed by atoms with Crippen LogP contribution in [0.15, 0.2) is 0 Å². The van der Waals surface area contributed by atoms with Crippen molar-refractivity contribution in [1.29, 1.82) is 0 Å². The molecule has 0 rings (SSSR count). The van der Waals surface area contributed by atoms with Gasteiger partial charge < -0.3 is 61.6 Å². The SMILES string of the molecule is CC(C)CC(CC(C)C)OC(=O)OCC(COCC(COC(=O)OC(CC(C)C)CC(C)C)(COC(=O)OC(CC(C)C)CC(C)C)COC(=O)OC(CC(C)C)CC(C)C)(COC(=O)OC(CC(C)C)CC(C)C)COC(=O)OC(CC(C)C)CC(C)C. The molecule has 0 fully saturated rings. The maximum absolute atomic E-state index is 14.0. The van der Waals surface area contributed by atoms with E-state index >= 15 is 0 Å². The summed E-state index contributed by atoms with van der Waals surface area (Å²) in [5.41, 5.74) is -3.51. The summed E-state index contributed by atoms with van der Waals surface area (Å²) in [7, 11) is 0. The van der Waals surface area contributed by atoms with Gasteiger partial charge in [-0.05, 0) is 148 Å². The van der Waals surface area contributed by atoms with Crippen LogP contribution in [0.2, 0.25) is 0 Å². The highest BCUT2D eigenvalue weighted by Crippen LogP contribution is 2.30. The Balaban J connectivity index is 8.36. The number of hydrogen-bond donors (Lipinski definition) is 0. The molecule has 0 aliphatic heterocycles. The third-order valence-corrected chi connectivity index (χ3v) is 14.2. The second-order valence-corrected chi connectivity index (χ2v) is 30.7. The normalized spacial score (nSPS) is 12.6. The van der Waals surface area contributed by atoms with E-state index in [1.807, 2.05) is 166 Å². The lowest BCUT2D eigenvalue weighted by Crippen LogP contribution is -2.47. The molecule has 0 aromatic rings. The van der Waals surface area contributed by atoms with E-state index in [1.54, 1.807) is 0 Å². The van der Waals surface area contributed by atoms with Crippen LogP contribution in [-0.4, -0.2) is 126 Å². The van der Waals surface area contributed by atoms with E-state index in [1.165, 1.54) is 0 Å². The van der Waals surface area contributed by atoms with E-state index in [0.29, 0.717) is 77.0 Å². The summed E-state index contributed by atoms with van der Waals surface area (Å²) >= 11 is 0. The van der Waals surface area contributed by atoms with Gasteiger partial charge in [-0.2, -0.15) is 0 Å². The van der Waals surface area contributed by atoms with Crippen LogP contribution < -0.4 is 0 Å². The van der Waals surface area contributed by atoms with Gasteiger partial charge in [0.05, 0.1) is 24.0 Å². The molecule has 0 heterocycles. The molecule has 0 saturated heterocycles. The first-order chi connectivity index (χ1) is 41.3. The van der Waals surface area contributed by atoms with E-state index in [9.17, 15) is 28.8 Å². The summed E-state index contributed by atoms with van der Waals surface area (Å²) in [4.78, 5) is 83.8. The molecule has 524 valence electrons. The highest BCUT2D eigenvalue weighted by molar-refractivity contribution is 5.62. The minimum absolute atomic E-state index is 0.176. The van der Waals surface area contributed by atoms with Crippen molar-refractivity contribution in [3.05, 3.63) is 0 Å². The molecule has 89 heavy (non-hydrogen) atoms. The first-order valence-corrected chi connectivity index (χ1v) is 33.9. The molecule has 0 aliphatic rings. The molecule has 19 heteroatoms. The van der Waals surface area contributed by atoms with Crippen LogP contribution >= 0.6 is 0 Å². The Hall–Kier alpha value is -4.42. The summed E-state index contributed by atoms with van der Waals surface area (Å²) in [6, 6.07) is 0. The van der Waals surface area contributed by atoms with Crippen molar-refractivity contribution in [1.82, 2.24) is 0 Å². The fourth-order valence-electron chi connectivity index (χ4n) is 10.7. The van der Waals surface area contributed by atoms with Crippen molar-refractivity contribution in [2.24, 2.45) is 81.8 Å². The Morgan fingerprint density at radius 3 is 0.416 bits per heavy atom. The molecule has 19 nitrogen and oxygen atoms in total. The number of rotatable bonds is 46. The topological polar surface area (TPSA) is 222 Å². The van der Waals surface area contributed by atoms with Crippen LogP contribution in [0.5, 0.6) is 0 Å². The van der Waals surface area contributed by atoms with E-state index in [2.05, 4.69) is 0 Å². The average Bonchev–Trinajstić information content (AvgIpc) is 2.03. The Kier molecular flexibility index (Phi) is 42.7.